The zero-order valence-electron chi connectivity index (χ0n) is 21.4. The highest BCUT2D eigenvalue weighted by Gasteiger charge is 2.38. The predicted molar refractivity (Wildman–Crippen MR) is 144 cm³/mol. The number of pyridine rings is 2. The molecule has 3 aromatic rings. The molecule has 0 bridgehead atoms. The maximum absolute atomic E-state index is 13.6. The topological polar surface area (TPSA) is 147 Å². The quantitative estimate of drug-likeness (QED) is 0.366. The Morgan fingerprint density at radius 1 is 1.08 bits per heavy atom. The molecule has 2 aromatic heterocycles. The number of amides is 1. The summed E-state index contributed by atoms with van der Waals surface area (Å²) >= 11 is 0. The molecule has 38 heavy (non-hydrogen) atoms. The fourth-order valence-electron chi connectivity index (χ4n) is 4.92. The third-order valence-electron chi connectivity index (χ3n) is 6.83. The lowest BCUT2D eigenvalue weighted by Gasteiger charge is -2.19. The lowest BCUT2D eigenvalue weighted by atomic mass is 9.99. The van der Waals surface area contributed by atoms with E-state index < -0.39 is 38.0 Å². The van der Waals surface area contributed by atoms with Gasteiger partial charge < -0.3 is 5.32 Å². The van der Waals surface area contributed by atoms with Crippen LogP contribution in [0, 0.1) is 5.92 Å². The van der Waals surface area contributed by atoms with Crippen molar-refractivity contribution in [1.29, 1.82) is 0 Å². The number of sulfonamides is 2. The first-order chi connectivity index (χ1) is 17.9. The Morgan fingerprint density at radius 3 is 2.47 bits per heavy atom. The van der Waals surface area contributed by atoms with Gasteiger partial charge in [-0.15, -0.1) is 0 Å². The largest absolute Gasteiger partial charge is 0.345 e. The van der Waals surface area contributed by atoms with E-state index in [4.69, 9.17) is 0 Å². The fraction of sp³-hybridized carbons (Fsp3) is 0.423. The SMILES string of the molecule is CC(C)CNS(=O)(=O)c1cc2c(c3cnc(C4CC4)cc13)[C@H](NS(C)(=O)=O)C[C@H]2NC(=O)c1cccnc1. The van der Waals surface area contributed by atoms with Crippen molar-refractivity contribution in [3.05, 3.63) is 65.2 Å². The first kappa shape index (κ1) is 26.7. The molecule has 3 N–H and O–H groups in total. The van der Waals surface area contributed by atoms with Crippen LogP contribution in [0.5, 0.6) is 0 Å². The lowest BCUT2D eigenvalue weighted by molar-refractivity contribution is 0.0935. The van der Waals surface area contributed by atoms with Gasteiger partial charge in [0, 0.05) is 53.6 Å². The lowest BCUT2D eigenvalue weighted by Crippen LogP contribution is -2.30. The van der Waals surface area contributed by atoms with Crippen molar-refractivity contribution in [2.24, 2.45) is 5.92 Å². The van der Waals surface area contributed by atoms with E-state index in [9.17, 15) is 21.6 Å². The van der Waals surface area contributed by atoms with Crippen LogP contribution in [0.15, 0.2) is 47.8 Å². The molecule has 202 valence electrons. The number of nitrogens with one attached hydrogen (secondary N) is 3. The van der Waals surface area contributed by atoms with Crippen molar-refractivity contribution >= 4 is 36.7 Å². The minimum Gasteiger partial charge on any atom is -0.345 e. The Kier molecular flexibility index (Phi) is 7.01. The summed E-state index contributed by atoms with van der Waals surface area (Å²) in [6.07, 6.45) is 7.93. The average molecular weight is 558 g/mol. The van der Waals surface area contributed by atoms with Gasteiger partial charge in [0.05, 0.1) is 22.8 Å². The summed E-state index contributed by atoms with van der Waals surface area (Å²) in [5.41, 5.74) is 2.34. The summed E-state index contributed by atoms with van der Waals surface area (Å²) in [7, 11) is -7.54. The molecule has 1 amide bonds. The number of rotatable bonds is 9. The third kappa shape index (κ3) is 5.58. The highest BCUT2D eigenvalue weighted by atomic mass is 32.2. The van der Waals surface area contributed by atoms with Gasteiger partial charge in [-0.25, -0.2) is 26.3 Å². The van der Waals surface area contributed by atoms with Crippen LogP contribution >= 0.6 is 0 Å². The Morgan fingerprint density at radius 2 is 1.84 bits per heavy atom. The van der Waals surface area contributed by atoms with Crippen LogP contribution in [0.25, 0.3) is 10.8 Å². The summed E-state index contributed by atoms with van der Waals surface area (Å²) in [4.78, 5) is 21.7. The van der Waals surface area contributed by atoms with Crippen molar-refractivity contribution in [2.45, 2.75) is 56.0 Å². The van der Waals surface area contributed by atoms with Gasteiger partial charge in [0.15, 0.2) is 0 Å². The maximum Gasteiger partial charge on any atom is 0.253 e. The summed E-state index contributed by atoms with van der Waals surface area (Å²) in [5.74, 6) is 0.00556. The van der Waals surface area contributed by atoms with Crippen LogP contribution < -0.4 is 14.8 Å². The molecule has 2 heterocycles. The highest BCUT2D eigenvalue weighted by molar-refractivity contribution is 7.89. The van der Waals surface area contributed by atoms with E-state index >= 15 is 0 Å². The number of carbonyl (C=O) groups is 1. The fourth-order valence-corrected chi connectivity index (χ4v) is 7.10. The van der Waals surface area contributed by atoms with Gasteiger partial charge in [0.25, 0.3) is 5.91 Å². The minimum absolute atomic E-state index is 0.0943. The molecule has 0 spiro atoms. The third-order valence-corrected chi connectivity index (χ3v) is 9.00. The van der Waals surface area contributed by atoms with Gasteiger partial charge >= 0.3 is 0 Å². The number of aromatic nitrogens is 2. The second-order valence-electron chi connectivity index (χ2n) is 10.5. The molecule has 1 aromatic carbocycles. The Balaban J connectivity index is 1.68. The van der Waals surface area contributed by atoms with E-state index in [1.54, 1.807) is 30.6 Å². The summed E-state index contributed by atoms with van der Waals surface area (Å²) in [6.45, 7) is 4.11. The predicted octanol–water partition coefficient (Wildman–Crippen LogP) is 2.91. The van der Waals surface area contributed by atoms with E-state index in [1.807, 2.05) is 19.9 Å². The molecule has 2 aliphatic rings. The molecule has 0 radical (unpaired) electrons. The van der Waals surface area contributed by atoms with Gasteiger partial charge in [-0.05, 0) is 60.6 Å². The van der Waals surface area contributed by atoms with Crippen LogP contribution in [-0.4, -0.2) is 45.5 Å². The first-order valence-electron chi connectivity index (χ1n) is 12.6. The molecule has 1 saturated carbocycles. The van der Waals surface area contributed by atoms with Gasteiger partial charge in [0.2, 0.25) is 20.0 Å². The first-order valence-corrected chi connectivity index (χ1v) is 15.9. The molecule has 12 heteroatoms. The zero-order chi connectivity index (χ0) is 27.2. The van der Waals surface area contributed by atoms with E-state index in [2.05, 4.69) is 24.7 Å². The second-order valence-corrected chi connectivity index (χ2v) is 14.0. The van der Waals surface area contributed by atoms with Crippen LogP contribution in [0.4, 0.5) is 0 Å². The maximum atomic E-state index is 13.6. The van der Waals surface area contributed by atoms with Crippen LogP contribution in [0.2, 0.25) is 0 Å². The number of nitrogens with zero attached hydrogens (tertiary/aromatic N) is 2. The molecule has 2 atom stereocenters. The Bertz CT molecular complexity index is 1600. The molecule has 2 aliphatic carbocycles. The average Bonchev–Trinajstić information content (AvgIpc) is 3.66. The number of benzene rings is 1. The molecule has 1 fully saturated rings. The van der Waals surface area contributed by atoms with Crippen LogP contribution in [-0.2, 0) is 20.0 Å². The molecular weight excluding hydrogens is 526 g/mol. The molecular formula is C26H31N5O5S2. The smallest absolute Gasteiger partial charge is 0.253 e. The van der Waals surface area contributed by atoms with Gasteiger partial charge in [-0.1, -0.05) is 13.8 Å². The number of hydrogen-bond acceptors (Lipinski definition) is 7. The second kappa shape index (κ2) is 9.99. The van der Waals surface area contributed by atoms with E-state index in [0.717, 1.165) is 24.8 Å². The molecule has 10 nitrogen and oxygen atoms in total. The van der Waals surface area contributed by atoms with E-state index in [1.165, 1.54) is 6.20 Å². The van der Waals surface area contributed by atoms with Crippen molar-refractivity contribution in [1.82, 2.24) is 24.7 Å². The Labute approximate surface area is 222 Å². The summed E-state index contributed by atoms with van der Waals surface area (Å²) in [5, 5.41) is 4.00. The van der Waals surface area contributed by atoms with Gasteiger partial charge in [-0.3, -0.25) is 14.8 Å². The van der Waals surface area contributed by atoms with Gasteiger partial charge in [-0.2, -0.15) is 0 Å². The van der Waals surface area contributed by atoms with E-state index in [0.29, 0.717) is 33.4 Å². The summed E-state index contributed by atoms with van der Waals surface area (Å²) in [6, 6.07) is 5.36. The molecule has 0 saturated heterocycles. The van der Waals surface area contributed by atoms with Crippen molar-refractivity contribution in [3.63, 3.8) is 0 Å². The van der Waals surface area contributed by atoms with Crippen molar-refractivity contribution in [2.75, 3.05) is 12.8 Å². The number of carbonyl (C=O) groups excluding carboxylic acids is 1. The monoisotopic (exact) mass is 557 g/mol. The van der Waals surface area contributed by atoms with Crippen molar-refractivity contribution in [3.8, 4) is 0 Å². The highest BCUT2D eigenvalue weighted by Crippen LogP contribution is 2.47. The standard InChI is InChI=1S/C26H31N5O5S2/c1-15(2)12-29-38(35,36)24-10-19-22(30-26(32)17-5-4-8-27-13-17)11-23(31-37(3,33)34)25(19)20-14-28-21(9-18(20)24)16-6-7-16/h4-5,8-10,13-16,22-23,29,31H,6-7,11-12H2,1-3H3,(H,30,32)/t22-,23-/m1/s1. The van der Waals surface area contributed by atoms with Crippen LogP contribution in [0.3, 0.4) is 0 Å². The van der Waals surface area contributed by atoms with Crippen molar-refractivity contribution < 1.29 is 21.6 Å². The Hall–Kier alpha value is -2.93. The molecule has 5 rings (SSSR count). The van der Waals surface area contributed by atoms with E-state index in [-0.39, 0.29) is 23.8 Å². The normalized spacial score (nSPS) is 19.6. The minimum atomic E-state index is -3.92. The number of hydrogen-bond donors (Lipinski definition) is 3. The molecule has 0 aliphatic heterocycles. The molecule has 0 unspecified atom stereocenters. The zero-order valence-corrected chi connectivity index (χ0v) is 23.1. The van der Waals surface area contributed by atoms with Gasteiger partial charge in [0.1, 0.15) is 0 Å². The summed E-state index contributed by atoms with van der Waals surface area (Å²) < 4.78 is 57.1. The van der Waals surface area contributed by atoms with Crippen LogP contribution in [0.1, 0.15) is 78.3 Å². The number of fused-ring (bicyclic) bond motifs is 3.